The number of carbonyl (C=O) groups is 2. The van der Waals surface area contributed by atoms with Crippen molar-refractivity contribution >= 4 is 29.3 Å². The molecule has 38 heavy (non-hydrogen) atoms. The number of hydrogen-bond donors (Lipinski definition) is 2. The van der Waals surface area contributed by atoms with Crippen LogP contribution >= 0.6 is 11.8 Å². The molecule has 4 rings (SSSR count). The number of thioether (sulfide) groups is 1. The molecule has 0 radical (unpaired) electrons. The Morgan fingerprint density at radius 1 is 1.13 bits per heavy atom. The number of pyridine rings is 1. The lowest BCUT2D eigenvalue weighted by Gasteiger charge is -2.40. The zero-order valence-corrected chi connectivity index (χ0v) is 23.2. The van der Waals surface area contributed by atoms with Crippen molar-refractivity contribution < 1.29 is 28.2 Å². The molecule has 2 aliphatic heterocycles. The number of carbonyl (C=O) groups excluding carboxylic acids is 1. The summed E-state index contributed by atoms with van der Waals surface area (Å²) in [7, 11) is 0. The van der Waals surface area contributed by atoms with E-state index in [0.29, 0.717) is 24.0 Å². The van der Waals surface area contributed by atoms with E-state index in [1.807, 2.05) is 0 Å². The standard InChI is InChI=1S/C17H19F2N3O4S.C10H23N/c18-17(19)7-21(8-17)12-4-3-11(20-14(12)26-5-10-1-2-10)15(23)22-9-27-6-13(22)16(24)25;1-2-3-4-5-6-7-8-9-10-11/h3-4,10,13H,1-2,5-9H2,(H,24,25);2-11H2,1H3. The molecular weight excluding hydrogens is 514 g/mol. The highest BCUT2D eigenvalue weighted by molar-refractivity contribution is 7.99. The average Bonchev–Trinajstić information content (AvgIpc) is 3.58. The number of aromatic nitrogens is 1. The van der Waals surface area contributed by atoms with Crippen LogP contribution in [0.3, 0.4) is 0 Å². The molecule has 0 aromatic carbocycles. The van der Waals surface area contributed by atoms with Crippen molar-refractivity contribution in [3.8, 4) is 5.88 Å². The Kier molecular flexibility index (Phi) is 11.9. The first-order valence-corrected chi connectivity index (χ1v) is 15.0. The van der Waals surface area contributed by atoms with Crippen LogP contribution in [-0.4, -0.2) is 76.7 Å². The van der Waals surface area contributed by atoms with Gasteiger partial charge in [0.2, 0.25) is 5.88 Å². The molecule has 2 saturated heterocycles. The molecule has 1 aliphatic carbocycles. The van der Waals surface area contributed by atoms with E-state index in [0.717, 1.165) is 19.4 Å². The quantitative estimate of drug-likeness (QED) is 0.308. The minimum atomic E-state index is -2.73. The molecule has 1 saturated carbocycles. The van der Waals surface area contributed by atoms with Crippen LogP contribution in [0.4, 0.5) is 14.5 Å². The Labute approximate surface area is 228 Å². The van der Waals surface area contributed by atoms with Crippen LogP contribution in [0.2, 0.25) is 0 Å². The third-order valence-electron chi connectivity index (χ3n) is 6.88. The van der Waals surface area contributed by atoms with Crippen LogP contribution in [-0.2, 0) is 4.79 Å². The van der Waals surface area contributed by atoms with Gasteiger partial charge in [-0.2, -0.15) is 0 Å². The van der Waals surface area contributed by atoms with Gasteiger partial charge in [-0.05, 0) is 43.9 Å². The van der Waals surface area contributed by atoms with Gasteiger partial charge >= 0.3 is 5.97 Å². The molecule has 1 amide bonds. The monoisotopic (exact) mass is 556 g/mol. The van der Waals surface area contributed by atoms with Gasteiger partial charge in [-0.25, -0.2) is 18.6 Å². The highest BCUT2D eigenvalue weighted by Crippen LogP contribution is 2.38. The summed E-state index contributed by atoms with van der Waals surface area (Å²) in [6.45, 7) is 2.74. The molecule has 1 aromatic heterocycles. The summed E-state index contributed by atoms with van der Waals surface area (Å²) < 4.78 is 32.2. The second-order valence-electron chi connectivity index (χ2n) is 10.4. The van der Waals surface area contributed by atoms with Crippen molar-refractivity contribution in [1.82, 2.24) is 9.88 Å². The van der Waals surface area contributed by atoms with Gasteiger partial charge in [0.1, 0.15) is 17.4 Å². The van der Waals surface area contributed by atoms with Crippen molar-refractivity contribution in [2.24, 2.45) is 11.7 Å². The van der Waals surface area contributed by atoms with Crippen LogP contribution in [0.15, 0.2) is 12.1 Å². The number of aliphatic carboxylic acids is 1. The molecule has 1 aromatic rings. The molecule has 0 bridgehead atoms. The Bertz CT molecular complexity index is 903. The van der Waals surface area contributed by atoms with Crippen molar-refractivity contribution in [3.05, 3.63) is 17.8 Å². The summed E-state index contributed by atoms with van der Waals surface area (Å²) in [5.74, 6) is -3.10. The molecule has 3 aliphatic rings. The molecule has 214 valence electrons. The van der Waals surface area contributed by atoms with Gasteiger partial charge in [-0.3, -0.25) is 4.79 Å². The van der Waals surface area contributed by atoms with Gasteiger partial charge in [-0.15, -0.1) is 11.8 Å². The number of amides is 1. The Morgan fingerprint density at radius 3 is 2.37 bits per heavy atom. The third-order valence-corrected chi connectivity index (χ3v) is 7.90. The highest BCUT2D eigenvalue weighted by atomic mass is 32.2. The van der Waals surface area contributed by atoms with Gasteiger partial charge in [0.15, 0.2) is 0 Å². The first-order chi connectivity index (χ1) is 18.3. The molecule has 1 atom stereocenters. The molecule has 3 N–H and O–H groups in total. The predicted molar refractivity (Wildman–Crippen MR) is 146 cm³/mol. The van der Waals surface area contributed by atoms with E-state index in [2.05, 4.69) is 11.9 Å². The molecule has 1 unspecified atom stereocenters. The zero-order chi connectivity index (χ0) is 27.5. The topological polar surface area (TPSA) is 109 Å². The minimum absolute atomic E-state index is 0.0607. The molecule has 3 fully saturated rings. The second kappa shape index (κ2) is 14.9. The summed E-state index contributed by atoms with van der Waals surface area (Å²) in [5, 5.41) is 9.26. The number of anilines is 1. The maximum absolute atomic E-state index is 13.2. The fraction of sp³-hybridized carbons (Fsp3) is 0.741. The van der Waals surface area contributed by atoms with Crippen molar-refractivity contribution in [2.45, 2.75) is 83.1 Å². The van der Waals surface area contributed by atoms with Crippen molar-refractivity contribution in [3.63, 3.8) is 0 Å². The van der Waals surface area contributed by atoms with Gasteiger partial charge in [0.05, 0.1) is 25.6 Å². The lowest BCUT2D eigenvalue weighted by molar-refractivity contribution is -0.140. The number of hydrogen-bond acceptors (Lipinski definition) is 7. The Morgan fingerprint density at radius 2 is 1.79 bits per heavy atom. The zero-order valence-electron chi connectivity index (χ0n) is 22.4. The van der Waals surface area contributed by atoms with Crippen LogP contribution in [0.1, 0.15) is 81.6 Å². The van der Waals surface area contributed by atoms with Crippen LogP contribution < -0.4 is 15.4 Å². The van der Waals surface area contributed by atoms with E-state index in [9.17, 15) is 23.5 Å². The van der Waals surface area contributed by atoms with Crippen LogP contribution in [0.5, 0.6) is 5.88 Å². The number of nitrogens with two attached hydrogens (primary N) is 1. The van der Waals surface area contributed by atoms with Gasteiger partial charge in [0, 0.05) is 5.75 Å². The number of unbranched alkanes of at least 4 members (excludes halogenated alkanes) is 7. The number of nitrogens with zero attached hydrogens (tertiary/aromatic N) is 3. The lowest BCUT2D eigenvalue weighted by atomic mass is 10.1. The number of halogens is 2. The Balaban J connectivity index is 0.000000310. The minimum Gasteiger partial charge on any atom is -0.480 e. The molecule has 11 heteroatoms. The van der Waals surface area contributed by atoms with Crippen LogP contribution in [0.25, 0.3) is 0 Å². The van der Waals surface area contributed by atoms with Crippen molar-refractivity contribution in [1.29, 1.82) is 0 Å². The number of ether oxygens (including phenoxy) is 1. The Hall–Kier alpha value is -2.14. The van der Waals surface area contributed by atoms with E-state index in [1.54, 1.807) is 6.07 Å². The van der Waals surface area contributed by atoms with E-state index in [4.69, 9.17) is 10.5 Å². The van der Waals surface area contributed by atoms with Crippen molar-refractivity contribution in [2.75, 3.05) is 42.8 Å². The van der Waals surface area contributed by atoms with Crippen LogP contribution in [0, 0.1) is 5.92 Å². The van der Waals surface area contributed by atoms with E-state index < -0.39 is 36.9 Å². The fourth-order valence-electron chi connectivity index (χ4n) is 4.34. The average molecular weight is 557 g/mol. The second-order valence-corrected chi connectivity index (χ2v) is 11.4. The van der Waals surface area contributed by atoms with Gasteiger partial charge in [0.25, 0.3) is 11.8 Å². The normalized spacial score (nSPS) is 19.9. The van der Waals surface area contributed by atoms with E-state index in [1.165, 1.54) is 79.0 Å². The van der Waals surface area contributed by atoms with Gasteiger partial charge < -0.3 is 25.4 Å². The number of carboxylic acids is 1. The smallest absolute Gasteiger partial charge is 0.327 e. The number of carboxylic acid groups (broad SMARTS) is 1. The lowest BCUT2D eigenvalue weighted by Crippen LogP contribution is -2.56. The first kappa shape index (κ1) is 30.4. The largest absolute Gasteiger partial charge is 0.480 e. The fourth-order valence-corrected chi connectivity index (χ4v) is 5.48. The molecular formula is C27H42F2N4O4S. The molecule has 3 heterocycles. The number of rotatable bonds is 14. The predicted octanol–water partition coefficient (Wildman–Crippen LogP) is 5.01. The maximum Gasteiger partial charge on any atom is 0.327 e. The highest BCUT2D eigenvalue weighted by Gasteiger charge is 2.45. The third kappa shape index (κ3) is 9.25. The summed E-state index contributed by atoms with van der Waals surface area (Å²) in [6, 6.07) is 2.10. The van der Waals surface area contributed by atoms with E-state index >= 15 is 0 Å². The molecule has 0 spiro atoms. The summed E-state index contributed by atoms with van der Waals surface area (Å²) in [4.78, 5) is 31.0. The molecule has 8 nitrogen and oxygen atoms in total. The van der Waals surface area contributed by atoms with E-state index in [-0.39, 0.29) is 17.5 Å². The maximum atomic E-state index is 13.2. The van der Waals surface area contributed by atoms with Gasteiger partial charge in [-0.1, -0.05) is 51.9 Å². The first-order valence-electron chi connectivity index (χ1n) is 13.8. The summed E-state index contributed by atoms with van der Waals surface area (Å²) >= 11 is 1.36. The number of alkyl halides is 2. The SMILES string of the molecule is CCCCCCCCCCN.O=C(O)C1CSCN1C(=O)c1ccc(N2CC(F)(F)C2)c(OCC2CC2)n1. The summed E-state index contributed by atoms with van der Waals surface area (Å²) in [5.41, 5.74) is 5.89. The summed E-state index contributed by atoms with van der Waals surface area (Å²) in [6.07, 6.45) is 13.1.